The van der Waals surface area contributed by atoms with Gasteiger partial charge in [0.2, 0.25) is 0 Å². The van der Waals surface area contributed by atoms with Crippen LogP contribution in [0.3, 0.4) is 0 Å². The maximum absolute atomic E-state index is 12.2. The summed E-state index contributed by atoms with van der Waals surface area (Å²) in [6, 6.07) is 0. The van der Waals surface area contributed by atoms with Gasteiger partial charge in [-0.1, -0.05) is 38.5 Å². The quantitative estimate of drug-likeness (QED) is 0.700. The monoisotopic (exact) mass is 328 g/mol. The number of aliphatic hydroxyl groups excluding tert-OH is 1. The topological polar surface area (TPSA) is 37.3 Å². The SMILES string of the molecule is CC(=O)C1=CCC2C3CC=C4CC(O)CC[C@]4(C)C3(C)CC[C@]12C. The van der Waals surface area contributed by atoms with Crippen molar-refractivity contribution in [2.75, 3.05) is 0 Å². The minimum atomic E-state index is -0.143. The molecule has 4 unspecified atom stereocenters. The molecule has 2 saturated carbocycles. The molecule has 0 spiro atoms. The number of Topliss-reactive ketones (excluding diaryl/α,β-unsaturated/α-hetero) is 1. The van der Waals surface area contributed by atoms with E-state index >= 15 is 0 Å². The van der Waals surface area contributed by atoms with E-state index in [1.54, 1.807) is 6.92 Å². The summed E-state index contributed by atoms with van der Waals surface area (Å²) in [4.78, 5) is 12.2. The summed E-state index contributed by atoms with van der Waals surface area (Å²) < 4.78 is 0. The second kappa shape index (κ2) is 5.06. The number of aliphatic hydroxyl groups is 1. The van der Waals surface area contributed by atoms with E-state index in [1.807, 2.05) is 0 Å². The molecule has 0 radical (unpaired) electrons. The summed E-state index contributed by atoms with van der Waals surface area (Å²) in [6.07, 6.45) is 12.1. The molecule has 132 valence electrons. The van der Waals surface area contributed by atoms with Crippen LogP contribution in [-0.2, 0) is 4.79 Å². The zero-order chi connectivity index (χ0) is 17.3. The first-order valence-electron chi connectivity index (χ1n) is 9.81. The minimum Gasteiger partial charge on any atom is -0.393 e. The Morgan fingerprint density at radius 1 is 1.08 bits per heavy atom. The number of hydrogen-bond acceptors (Lipinski definition) is 2. The third-order valence-corrected chi connectivity index (χ3v) is 8.88. The number of rotatable bonds is 1. The summed E-state index contributed by atoms with van der Waals surface area (Å²) >= 11 is 0. The highest BCUT2D eigenvalue weighted by Crippen LogP contribution is 2.70. The summed E-state index contributed by atoms with van der Waals surface area (Å²) in [5, 5.41) is 10.1. The van der Waals surface area contributed by atoms with Crippen molar-refractivity contribution < 1.29 is 9.90 Å². The molecule has 2 fully saturated rings. The van der Waals surface area contributed by atoms with Gasteiger partial charge in [-0.05, 0) is 85.5 Å². The van der Waals surface area contributed by atoms with Crippen molar-refractivity contribution >= 4 is 5.78 Å². The first-order valence-corrected chi connectivity index (χ1v) is 9.81. The lowest BCUT2D eigenvalue weighted by atomic mass is 9.40. The third-order valence-electron chi connectivity index (χ3n) is 8.88. The van der Waals surface area contributed by atoms with Crippen LogP contribution in [0.15, 0.2) is 23.3 Å². The molecule has 0 aromatic carbocycles. The Morgan fingerprint density at radius 2 is 1.79 bits per heavy atom. The van der Waals surface area contributed by atoms with Gasteiger partial charge < -0.3 is 5.11 Å². The summed E-state index contributed by atoms with van der Waals surface area (Å²) in [5.74, 6) is 1.55. The van der Waals surface area contributed by atoms with Crippen molar-refractivity contribution in [1.29, 1.82) is 0 Å². The molecule has 6 atom stereocenters. The molecule has 1 N–H and O–H groups in total. The van der Waals surface area contributed by atoms with Gasteiger partial charge in [-0.3, -0.25) is 4.79 Å². The zero-order valence-corrected chi connectivity index (χ0v) is 15.7. The standard InChI is InChI=1S/C22H32O2/c1-14(23)17-7-8-18-19-6-5-15-13-16(24)9-10-21(15,3)22(19,4)12-11-20(17,18)2/h5,7,16,18-19,24H,6,8-13H2,1-4H3/t16?,18?,19?,20-,21+,22?/m1/s1. The lowest BCUT2D eigenvalue weighted by molar-refractivity contribution is -0.120. The highest BCUT2D eigenvalue weighted by molar-refractivity contribution is 5.95. The molecule has 0 heterocycles. The fourth-order valence-electron chi connectivity index (χ4n) is 7.10. The van der Waals surface area contributed by atoms with E-state index in [2.05, 4.69) is 32.9 Å². The predicted molar refractivity (Wildman–Crippen MR) is 96.5 cm³/mol. The molecular weight excluding hydrogens is 296 g/mol. The molecule has 4 aliphatic rings. The molecule has 2 nitrogen and oxygen atoms in total. The van der Waals surface area contributed by atoms with Crippen LogP contribution in [0.25, 0.3) is 0 Å². The Bertz CT molecular complexity index is 644. The maximum Gasteiger partial charge on any atom is 0.156 e. The summed E-state index contributed by atoms with van der Waals surface area (Å²) in [6.45, 7) is 9.08. The molecule has 24 heavy (non-hydrogen) atoms. The fraction of sp³-hybridized carbons (Fsp3) is 0.773. The van der Waals surface area contributed by atoms with Gasteiger partial charge in [0.1, 0.15) is 0 Å². The van der Waals surface area contributed by atoms with Crippen LogP contribution >= 0.6 is 0 Å². The van der Waals surface area contributed by atoms with Crippen molar-refractivity contribution in [1.82, 2.24) is 0 Å². The van der Waals surface area contributed by atoms with Crippen molar-refractivity contribution in [3.8, 4) is 0 Å². The van der Waals surface area contributed by atoms with Crippen molar-refractivity contribution in [2.24, 2.45) is 28.1 Å². The van der Waals surface area contributed by atoms with E-state index in [0.717, 1.165) is 44.1 Å². The van der Waals surface area contributed by atoms with Gasteiger partial charge in [-0.2, -0.15) is 0 Å². The summed E-state index contributed by atoms with van der Waals surface area (Å²) in [7, 11) is 0. The van der Waals surface area contributed by atoms with E-state index in [-0.39, 0.29) is 22.7 Å². The predicted octanol–water partition coefficient (Wildman–Crippen LogP) is 4.83. The third kappa shape index (κ3) is 1.90. The van der Waals surface area contributed by atoms with Crippen LogP contribution in [0.1, 0.15) is 72.6 Å². The first kappa shape index (κ1) is 16.6. The number of ketones is 1. The van der Waals surface area contributed by atoms with Gasteiger partial charge in [-0.15, -0.1) is 0 Å². The molecule has 0 saturated heterocycles. The number of carbonyl (C=O) groups is 1. The lowest BCUT2D eigenvalue weighted by Gasteiger charge is -2.64. The number of hydrogen-bond donors (Lipinski definition) is 1. The molecule has 4 aliphatic carbocycles. The lowest BCUT2D eigenvalue weighted by Crippen LogP contribution is -2.56. The van der Waals surface area contributed by atoms with E-state index in [0.29, 0.717) is 17.3 Å². The molecular formula is C22H32O2. The van der Waals surface area contributed by atoms with Gasteiger partial charge >= 0.3 is 0 Å². The van der Waals surface area contributed by atoms with Crippen LogP contribution < -0.4 is 0 Å². The minimum absolute atomic E-state index is 0.0892. The molecule has 0 aliphatic heterocycles. The Morgan fingerprint density at radius 3 is 2.50 bits per heavy atom. The number of carbonyl (C=O) groups excluding carboxylic acids is 1. The van der Waals surface area contributed by atoms with Gasteiger partial charge in [0.25, 0.3) is 0 Å². The Labute approximate surface area is 146 Å². The Hall–Kier alpha value is -0.890. The van der Waals surface area contributed by atoms with Crippen LogP contribution in [0.4, 0.5) is 0 Å². The second-order valence-electron chi connectivity index (χ2n) is 9.65. The molecule has 0 bridgehead atoms. The fourth-order valence-corrected chi connectivity index (χ4v) is 7.10. The van der Waals surface area contributed by atoms with Crippen molar-refractivity contribution in [3.05, 3.63) is 23.3 Å². The molecule has 0 aromatic heterocycles. The molecule has 2 heteroatoms. The number of fused-ring (bicyclic) bond motifs is 5. The van der Waals surface area contributed by atoms with E-state index in [9.17, 15) is 9.90 Å². The second-order valence-corrected chi connectivity index (χ2v) is 9.65. The highest BCUT2D eigenvalue weighted by atomic mass is 16.3. The van der Waals surface area contributed by atoms with Crippen LogP contribution in [0.5, 0.6) is 0 Å². The van der Waals surface area contributed by atoms with Crippen molar-refractivity contribution in [2.45, 2.75) is 78.7 Å². The maximum atomic E-state index is 12.2. The highest BCUT2D eigenvalue weighted by Gasteiger charge is 2.62. The first-order chi connectivity index (χ1) is 11.2. The number of allylic oxidation sites excluding steroid dienone is 3. The Kier molecular flexibility index (Phi) is 3.50. The van der Waals surface area contributed by atoms with Gasteiger partial charge in [0.05, 0.1) is 6.10 Å². The summed E-state index contributed by atoms with van der Waals surface area (Å²) in [5.41, 5.74) is 3.25. The van der Waals surface area contributed by atoms with Crippen LogP contribution in [0.2, 0.25) is 0 Å². The van der Waals surface area contributed by atoms with Gasteiger partial charge in [0, 0.05) is 0 Å². The van der Waals surface area contributed by atoms with E-state index in [4.69, 9.17) is 0 Å². The van der Waals surface area contributed by atoms with Crippen LogP contribution in [0, 0.1) is 28.1 Å². The van der Waals surface area contributed by atoms with Crippen molar-refractivity contribution in [3.63, 3.8) is 0 Å². The zero-order valence-electron chi connectivity index (χ0n) is 15.7. The van der Waals surface area contributed by atoms with Crippen LogP contribution in [-0.4, -0.2) is 17.0 Å². The molecule has 0 amide bonds. The average Bonchev–Trinajstić information content (AvgIpc) is 2.87. The molecule has 4 rings (SSSR count). The molecule has 0 aromatic rings. The smallest absolute Gasteiger partial charge is 0.156 e. The van der Waals surface area contributed by atoms with Gasteiger partial charge in [-0.25, -0.2) is 0 Å². The Balaban J connectivity index is 1.73. The average molecular weight is 328 g/mol. The largest absolute Gasteiger partial charge is 0.393 e. The van der Waals surface area contributed by atoms with E-state index in [1.165, 1.54) is 12.0 Å². The van der Waals surface area contributed by atoms with Gasteiger partial charge in [0.15, 0.2) is 5.78 Å². The van der Waals surface area contributed by atoms with E-state index < -0.39 is 0 Å². The normalized spacial score (nSPS) is 50.3.